The summed E-state index contributed by atoms with van der Waals surface area (Å²) in [4.78, 5) is 22.2. The van der Waals surface area contributed by atoms with E-state index < -0.39 is 0 Å². The highest BCUT2D eigenvalue weighted by molar-refractivity contribution is 7.90. The summed E-state index contributed by atoms with van der Waals surface area (Å²) in [6.07, 6.45) is 6.99. The highest BCUT2D eigenvalue weighted by Gasteiger charge is 2.17. The number of benzene rings is 1. The maximum absolute atomic E-state index is 13.1. The predicted octanol–water partition coefficient (Wildman–Crippen LogP) is 3.57. The largest absolute Gasteiger partial charge is 0.379 e. The van der Waals surface area contributed by atoms with Gasteiger partial charge in [0.1, 0.15) is 11.3 Å². The molecule has 0 aliphatic rings. The van der Waals surface area contributed by atoms with Gasteiger partial charge in [0.15, 0.2) is 0 Å². The van der Waals surface area contributed by atoms with Crippen molar-refractivity contribution in [2.75, 3.05) is 6.61 Å². The summed E-state index contributed by atoms with van der Waals surface area (Å²) in [6, 6.07) is 11.3. The van der Waals surface area contributed by atoms with E-state index >= 15 is 0 Å². The van der Waals surface area contributed by atoms with Crippen molar-refractivity contribution in [2.45, 2.75) is 20.4 Å². The number of pyridine rings is 1. The average Bonchev–Trinajstić information content (AvgIpc) is 3.44. The number of aryl methyl sites for hydroxylation is 1. The Morgan fingerprint density at radius 3 is 2.91 bits per heavy atom. The molecular weight excluding hydrogens is 428 g/mol. The summed E-state index contributed by atoms with van der Waals surface area (Å²) in [5.41, 5.74) is 3.66. The van der Waals surface area contributed by atoms with Crippen molar-refractivity contribution in [3.63, 3.8) is 0 Å². The van der Waals surface area contributed by atoms with Gasteiger partial charge in [-0.3, -0.25) is 17.9 Å². The molecule has 0 saturated heterocycles. The summed E-state index contributed by atoms with van der Waals surface area (Å²) >= 11 is 0.876. The van der Waals surface area contributed by atoms with E-state index in [2.05, 4.69) is 10.1 Å². The number of aromatic nitrogens is 6. The number of hydrogen-bond donors (Lipinski definition) is 0. The maximum atomic E-state index is 13.1. The number of imidazole rings is 1. The molecule has 0 aliphatic heterocycles. The lowest BCUT2D eigenvalue weighted by Gasteiger charge is -2.08. The first kappa shape index (κ1) is 20.3. The van der Waals surface area contributed by atoms with E-state index in [4.69, 9.17) is 13.4 Å². The fourth-order valence-corrected chi connectivity index (χ4v) is 3.85. The lowest BCUT2D eigenvalue weighted by atomic mass is 10.2. The van der Waals surface area contributed by atoms with Gasteiger partial charge in [0.2, 0.25) is 18.2 Å². The molecule has 9 nitrogen and oxygen atoms in total. The molecule has 0 atom stereocenters. The van der Waals surface area contributed by atoms with E-state index in [1.807, 2.05) is 67.0 Å². The molecule has 0 spiro atoms. The fraction of sp³-hybridized carbons (Fsp3) is 0.182. The summed E-state index contributed by atoms with van der Waals surface area (Å²) in [5.74, 6) is 0.476. The Kier molecular flexibility index (Phi) is 5.38. The fourth-order valence-electron chi connectivity index (χ4n) is 3.46. The molecule has 0 fully saturated rings. The number of fused-ring (bicyclic) bond motifs is 2. The van der Waals surface area contributed by atoms with Crippen LogP contribution in [-0.4, -0.2) is 35.3 Å². The van der Waals surface area contributed by atoms with Crippen LogP contribution in [0.25, 0.3) is 22.2 Å². The van der Waals surface area contributed by atoms with Gasteiger partial charge < -0.3 is 4.18 Å². The van der Waals surface area contributed by atoms with E-state index in [9.17, 15) is 4.79 Å². The van der Waals surface area contributed by atoms with Crippen LogP contribution in [0.15, 0.2) is 66.1 Å². The molecule has 4 heterocycles. The summed E-state index contributed by atoms with van der Waals surface area (Å²) in [7, 11) is 0. The van der Waals surface area contributed by atoms with Crippen LogP contribution in [-0.2, 0) is 10.7 Å². The second kappa shape index (κ2) is 8.48. The number of hydrogen-bond acceptors (Lipinski definition) is 7. The van der Waals surface area contributed by atoms with E-state index in [1.54, 1.807) is 17.2 Å². The van der Waals surface area contributed by atoms with Gasteiger partial charge in [-0.05, 0) is 44.2 Å². The molecule has 0 radical (unpaired) electrons. The molecule has 0 N–H and O–H groups in total. The van der Waals surface area contributed by atoms with Gasteiger partial charge in [-0.2, -0.15) is 5.10 Å². The quantitative estimate of drug-likeness (QED) is 0.278. The van der Waals surface area contributed by atoms with Gasteiger partial charge in [-0.25, -0.2) is 14.6 Å². The van der Waals surface area contributed by atoms with Crippen LogP contribution in [0.2, 0.25) is 0 Å². The molecule has 0 amide bonds. The van der Waals surface area contributed by atoms with Crippen molar-refractivity contribution < 1.29 is 8.37 Å². The van der Waals surface area contributed by atoms with Gasteiger partial charge in [0.25, 0.3) is 5.56 Å². The highest BCUT2D eigenvalue weighted by atomic mass is 32.2. The zero-order valence-corrected chi connectivity index (χ0v) is 18.3. The van der Waals surface area contributed by atoms with Gasteiger partial charge in [0.05, 0.1) is 36.1 Å². The molecule has 5 aromatic rings. The van der Waals surface area contributed by atoms with Crippen molar-refractivity contribution >= 4 is 28.9 Å². The van der Waals surface area contributed by atoms with E-state index in [-0.39, 0.29) is 12.1 Å². The number of rotatable bonds is 7. The van der Waals surface area contributed by atoms with E-state index in [0.717, 1.165) is 23.6 Å². The zero-order valence-electron chi connectivity index (χ0n) is 17.5. The minimum atomic E-state index is -0.128. The van der Waals surface area contributed by atoms with Crippen LogP contribution in [0.1, 0.15) is 18.2 Å². The molecule has 0 bridgehead atoms. The Hall–Kier alpha value is -3.63. The van der Waals surface area contributed by atoms with Crippen LogP contribution >= 0.6 is 12.3 Å². The third kappa shape index (κ3) is 3.74. The van der Waals surface area contributed by atoms with Crippen LogP contribution in [0.3, 0.4) is 0 Å². The third-order valence-corrected chi connectivity index (χ3v) is 5.53. The molecule has 1 aromatic carbocycles. The number of nitrogens with zero attached hydrogens (tertiary/aromatic N) is 6. The molecular formula is C22H20N6O3S. The van der Waals surface area contributed by atoms with Gasteiger partial charge >= 0.3 is 0 Å². The summed E-state index contributed by atoms with van der Waals surface area (Å²) in [5, 5.41) is 4.85. The molecule has 0 unspecified atom stereocenters. The monoisotopic (exact) mass is 448 g/mol. The molecule has 4 aromatic heterocycles. The molecule has 0 saturated carbocycles. The first-order chi connectivity index (χ1) is 15.6. The van der Waals surface area contributed by atoms with Crippen LogP contribution < -0.4 is 9.74 Å². The Labute approximate surface area is 187 Å². The van der Waals surface area contributed by atoms with Gasteiger partial charge in [-0.1, -0.05) is 11.6 Å². The molecule has 162 valence electrons. The van der Waals surface area contributed by atoms with Gasteiger partial charge in [0, 0.05) is 18.6 Å². The lowest BCUT2D eigenvalue weighted by Crippen LogP contribution is -2.21. The Morgan fingerprint density at radius 2 is 2.09 bits per heavy atom. The topological polar surface area (TPSA) is 88.5 Å². The Bertz CT molecular complexity index is 1460. The minimum absolute atomic E-state index is 0.128. The summed E-state index contributed by atoms with van der Waals surface area (Å²) < 4.78 is 16.3. The summed E-state index contributed by atoms with van der Waals surface area (Å²) in [6.45, 7) is 4.52. The Balaban J connectivity index is 1.59. The SMILES string of the molecule is CCOSOc1c(Cn2cnc3ccc(C)cc3c2=O)nc2ccc(-n3cccn3)cn12. The first-order valence-corrected chi connectivity index (χ1v) is 10.7. The van der Waals surface area contributed by atoms with Crippen molar-refractivity contribution in [3.05, 3.63) is 82.9 Å². The van der Waals surface area contributed by atoms with Crippen molar-refractivity contribution in [2.24, 2.45) is 0 Å². The maximum Gasteiger partial charge on any atom is 0.261 e. The Morgan fingerprint density at radius 1 is 1.19 bits per heavy atom. The normalized spacial score (nSPS) is 11.4. The zero-order chi connectivity index (χ0) is 22.1. The van der Waals surface area contributed by atoms with E-state index in [1.165, 1.54) is 4.57 Å². The van der Waals surface area contributed by atoms with Crippen LogP contribution in [0, 0.1) is 6.92 Å². The lowest BCUT2D eigenvalue weighted by molar-refractivity contribution is 0.365. The van der Waals surface area contributed by atoms with Crippen molar-refractivity contribution in [1.82, 2.24) is 28.7 Å². The smallest absolute Gasteiger partial charge is 0.261 e. The molecule has 5 rings (SSSR count). The van der Waals surface area contributed by atoms with E-state index in [0.29, 0.717) is 34.7 Å². The van der Waals surface area contributed by atoms with Gasteiger partial charge in [-0.15, -0.1) is 0 Å². The molecule has 10 heteroatoms. The molecule has 0 aliphatic carbocycles. The standard InChI is InChI=1S/C22H20N6O3S/c1-3-30-32-31-22-19(13-26-14-23-18-7-5-15(2)11-17(18)21(26)29)25-20-8-6-16(12-27(20)22)28-10-4-9-24-28/h4-12,14H,3,13H2,1-2H3. The highest BCUT2D eigenvalue weighted by Crippen LogP contribution is 2.26. The first-order valence-electron chi connectivity index (χ1n) is 10.1. The molecule has 32 heavy (non-hydrogen) atoms. The second-order valence-electron chi connectivity index (χ2n) is 7.19. The predicted molar refractivity (Wildman–Crippen MR) is 122 cm³/mol. The van der Waals surface area contributed by atoms with Crippen molar-refractivity contribution in [1.29, 1.82) is 0 Å². The second-order valence-corrected chi connectivity index (χ2v) is 7.72. The van der Waals surface area contributed by atoms with Crippen molar-refractivity contribution in [3.8, 4) is 11.6 Å². The third-order valence-electron chi connectivity index (χ3n) is 4.97. The average molecular weight is 449 g/mol. The van der Waals surface area contributed by atoms with Crippen LogP contribution in [0.4, 0.5) is 0 Å². The van der Waals surface area contributed by atoms with Crippen LogP contribution in [0.5, 0.6) is 5.88 Å². The minimum Gasteiger partial charge on any atom is -0.379 e.